The molecule has 5 nitrogen and oxygen atoms in total. The standard InChI is InChI=1S/C20H36O5/c1-16(2,21)18-8-15-9-19(11-18,17(3,4)22)13-20(10-15,12-18)25-14-24-7-6-23-5/h15,21-22H,6-14H2,1-5H3. The Hall–Kier alpha value is -0.200. The minimum absolute atomic E-state index is 0.195. The molecule has 4 bridgehead atoms. The van der Waals surface area contributed by atoms with Crippen LogP contribution in [0.5, 0.6) is 0 Å². The molecule has 4 aliphatic carbocycles. The summed E-state index contributed by atoms with van der Waals surface area (Å²) in [6, 6.07) is 0. The highest BCUT2D eigenvalue weighted by molar-refractivity contribution is 5.20. The second-order valence-corrected chi connectivity index (χ2v) is 10.0. The van der Waals surface area contributed by atoms with Crippen molar-refractivity contribution in [2.45, 2.75) is 83.0 Å². The zero-order valence-corrected chi connectivity index (χ0v) is 16.6. The van der Waals surface area contributed by atoms with Gasteiger partial charge in [0.2, 0.25) is 0 Å². The maximum atomic E-state index is 11.0. The van der Waals surface area contributed by atoms with E-state index in [1.807, 2.05) is 27.7 Å². The van der Waals surface area contributed by atoms with E-state index in [2.05, 4.69) is 0 Å². The van der Waals surface area contributed by atoms with Gasteiger partial charge >= 0.3 is 0 Å². The molecule has 4 aliphatic rings. The Morgan fingerprint density at radius 2 is 1.44 bits per heavy atom. The molecule has 0 radical (unpaired) electrons. The Labute approximate surface area is 152 Å². The normalized spacial score (nSPS) is 40.7. The van der Waals surface area contributed by atoms with Gasteiger partial charge in [-0.3, -0.25) is 0 Å². The summed E-state index contributed by atoms with van der Waals surface area (Å²) in [4.78, 5) is 0. The summed E-state index contributed by atoms with van der Waals surface area (Å²) in [5.74, 6) is 0.494. The van der Waals surface area contributed by atoms with Gasteiger partial charge in [-0.15, -0.1) is 0 Å². The van der Waals surface area contributed by atoms with E-state index in [1.165, 1.54) is 0 Å². The summed E-state index contributed by atoms with van der Waals surface area (Å²) < 4.78 is 16.9. The highest BCUT2D eigenvalue weighted by Crippen LogP contribution is 2.72. The SMILES string of the molecule is COCCOCOC12CC3CC(C(C)(C)O)(C1)CC(C(C)(C)O)(C3)C2. The van der Waals surface area contributed by atoms with Crippen molar-refractivity contribution in [3.8, 4) is 0 Å². The van der Waals surface area contributed by atoms with Crippen molar-refractivity contribution in [1.82, 2.24) is 0 Å². The van der Waals surface area contributed by atoms with Gasteiger partial charge in [-0.05, 0) is 72.1 Å². The Kier molecular flexibility index (Phi) is 4.82. The van der Waals surface area contributed by atoms with E-state index in [0.29, 0.717) is 19.1 Å². The fourth-order valence-corrected chi connectivity index (χ4v) is 6.24. The Bertz CT molecular complexity index is 459. The molecule has 4 fully saturated rings. The van der Waals surface area contributed by atoms with Crippen molar-refractivity contribution in [1.29, 1.82) is 0 Å². The first kappa shape index (κ1) is 19.6. The summed E-state index contributed by atoms with van der Waals surface area (Å²) in [6.45, 7) is 9.05. The number of hydrogen-bond acceptors (Lipinski definition) is 5. The molecule has 2 N–H and O–H groups in total. The minimum Gasteiger partial charge on any atom is -0.390 e. The van der Waals surface area contributed by atoms with Crippen LogP contribution >= 0.6 is 0 Å². The van der Waals surface area contributed by atoms with E-state index in [1.54, 1.807) is 7.11 Å². The summed E-state index contributed by atoms with van der Waals surface area (Å²) in [5.41, 5.74) is -2.26. The predicted octanol–water partition coefficient (Wildman–Crippen LogP) is 2.87. The lowest BCUT2D eigenvalue weighted by Crippen LogP contribution is -2.70. The van der Waals surface area contributed by atoms with Crippen LogP contribution in [0, 0.1) is 16.7 Å². The van der Waals surface area contributed by atoms with Crippen molar-refractivity contribution in [3.63, 3.8) is 0 Å². The van der Waals surface area contributed by atoms with Crippen LogP contribution in [0.25, 0.3) is 0 Å². The summed E-state index contributed by atoms with van der Waals surface area (Å²) in [6.07, 6.45) is 5.65. The van der Waals surface area contributed by atoms with Crippen molar-refractivity contribution in [2.24, 2.45) is 16.7 Å². The molecule has 4 saturated carbocycles. The Balaban J connectivity index is 1.85. The first-order valence-electron chi connectivity index (χ1n) is 9.62. The van der Waals surface area contributed by atoms with Gasteiger partial charge in [0, 0.05) is 17.9 Å². The molecule has 0 spiro atoms. The lowest BCUT2D eigenvalue weighted by Gasteiger charge is -2.71. The zero-order chi connectivity index (χ0) is 18.6. The topological polar surface area (TPSA) is 68.2 Å². The average molecular weight is 357 g/mol. The molecule has 2 unspecified atom stereocenters. The summed E-state index contributed by atoms with van der Waals surface area (Å²) in [5, 5.41) is 22.1. The highest BCUT2D eigenvalue weighted by atomic mass is 16.7. The van der Waals surface area contributed by atoms with Crippen LogP contribution in [0.4, 0.5) is 0 Å². The van der Waals surface area contributed by atoms with Crippen LogP contribution in [-0.4, -0.2) is 54.1 Å². The molecule has 0 aromatic heterocycles. The van der Waals surface area contributed by atoms with Gasteiger partial charge in [0.05, 0.1) is 30.0 Å². The molecule has 5 heteroatoms. The second kappa shape index (κ2) is 6.16. The van der Waals surface area contributed by atoms with Crippen LogP contribution in [0.15, 0.2) is 0 Å². The van der Waals surface area contributed by atoms with E-state index >= 15 is 0 Å². The molecule has 0 amide bonds. The lowest BCUT2D eigenvalue weighted by molar-refractivity contribution is -0.305. The monoisotopic (exact) mass is 356 g/mol. The molecule has 0 aromatic carbocycles. The van der Waals surface area contributed by atoms with E-state index in [9.17, 15) is 10.2 Å². The van der Waals surface area contributed by atoms with E-state index in [4.69, 9.17) is 14.2 Å². The summed E-state index contributed by atoms with van der Waals surface area (Å²) in [7, 11) is 1.66. The predicted molar refractivity (Wildman–Crippen MR) is 95.2 cm³/mol. The van der Waals surface area contributed by atoms with E-state index in [-0.39, 0.29) is 23.2 Å². The minimum atomic E-state index is -0.783. The third-order valence-corrected chi connectivity index (χ3v) is 7.49. The number of ether oxygens (including phenoxy) is 3. The van der Waals surface area contributed by atoms with Crippen LogP contribution in [0.1, 0.15) is 66.2 Å². The van der Waals surface area contributed by atoms with Crippen LogP contribution < -0.4 is 0 Å². The van der Waals surface area contributed by atoms with Crippen molar-refractivity contribution in [3.05, 3.63) is 0 Å². The van der Waals surface area contributed by atoms with Gasteiger partial charge in [0.25, 0.3) is 0 Å². The first-order valence-corrected chi connectivity index (χ1v) is 9.62. The van der Waals surface area contributed by atoms with Crippen LogP contribution in [-0.2, 0) is 14.2 Å². The maximum absolute atomic E-state index is 11.0. The summed E-state index contributed by atoms with van der Waals surface area (Å²) >= 11 is 0. The van der Waals surface area contributed by atoms with Gasteiger partial charge in [-0.25, -0.2) is 0 Å². The smallest absolute Gasteiger partial charge is 0.147 e. The molecular formula is C20H36O5. The Morgan fingerprint density at radius 3 is 1.92 bits per heavy atom. The largest absolute Gasteiger partial charge is 0.390 e. The van der Waals surface area contributed by atoms with E-state index in [0.717, 1.165) is 38.5 Å². The fraction of sp³-hybridized carbons (Fsp3) is 1.00. The van der Waals surface area contributed by atoms with Gasteiger partial charge in [-0.2, -0.15) is 0 Å². The molecule has 0 saturated heterocycles. The third-order valence-electron chi connectivity index (χ3n) is 7.49. The average Bonchev–Trinajstić information content (AvgIpc) is 2.43. The lowest BCUT2D eigenvalue weighted by atomic mass is 9.37. The number of methoxy groups -OCH3 is 1. The van der Waals surface area contributed by atoms with Crippen LogP contribution in [0.3, 0.4) is 0 Å². The maximum Gasteiger partial charge on any atom is 0.147 e. The van der Waals surface area contributed by atoms with Crippen molar-refractivity contribution < 1.29 is 24.4 Å². The molecule has 146 valence electrons. The van der Waals surface area contributed by atoms with Gasteiger partial charge in [0.1, 0.15) is 6.79 Å². The number of rotatable bonds is 8. The molecule has 25 heavy (non-hydrogen) atoms. The molecule has 0 aromatic rings. The van der Waals surface area contributed by atoms with E-state index < -0.39 is 11.2 Å². The number of aliphatic hydroxyl groups is 2. The first-order chi connectivity index (χ1) is 11.5. The van der Waals surface area contributed by atoms with Crippen molar-refractivity contribution in [2.75, 3.05) is 27.1 Å². The quantitative estimate of drug-likeness (QED) is 0.517. The van der Waals surface area contributed by atoms with Gasteiger partial charge in [-0.1, -0.05) is 0 Å². The molecule has 2 atom stereocenters. The second-order valence-electron chi connectivity index (χ2n) is 10.0. The highest BCUT2D eigenvalue weighted by Gasteiger charge is 2.70. The number of hydrogen-bond donors (Lipinski definition) is 2. The molecule has 4 rings (SSSR count). The van der Waals surface area contributed by atoms with Gasteiger partial charge in [0.15, 0.2) is 0 Å². The van der Waals surface area contributed by atoms with Gasteiger partial charge < -0.3 is 24.4 Å². The Morgan fingerprint density at radius 1 is 0.880 bits per heavy atom. The molecule has 0 heterocycles. The third kappa shape index (κ3) is 3.27. The fourth-order valence-electron chi connectivity index (χ4n) is 6.24. The molecular weight excluding hydrogens is 320 g/mol. The van der Waals surface area contributed by atoms with Crippen LogP contribution in [0.2, 0.25) is 0 Å². The zero-order valence-electron chi connectivity index (χ0n) is 16.6. The van der Waals surface area contributed by atoms with Crippen molar-refractivity contribution >= 4 is 0 Å². The molecule has 0 aliphatic heterocycles.